The quantitative estimate of drug-likeness (QED) is 0.452. The molecule has 2 aromatic carbocycles. The molecule has 0 heterocycles. The number of hydrogen-bond donors (Lipinski definition) is 0. The number of carbonyl (C=O) groups is 1. The number of sulfone groups is 1. The van der Waals surface area contributed by atoms with E-state index in [0.717, 1.165) is 11.4 Å². The number of benzene rings is 2. The first kappa shape index (κ1) is 25.7. The Balaban J connectivity index is 2.46. The minimum absolute atomic E-state index is 0.0581. The molecule has 0 radical (unpaired) electrons. The Hall–Kier alpha value is -1.52. The molecular weight excluding hydrogens is 509 g/mol. The van der Waals surface area contributed by atoms with Gasteiger partial charge >= 0.3 is 5.97 Å². The second kappa shape index (κ2) is 10.4. The van der Waals surface area contributed by atoms with Crippen LogP contribution in [-0.2, 0) is 29.4 Å². The van der Waals surface area contributed by atoms with Gasteiger partial charge in [-0.2, -0.15) is 0 Å². The number of ether oxygens (including phenoxy) is 1. The van der Waals surface area contributed by atoms with Crippen molar-refractivity contribution in [1.82, 2.24) is 0 Å². The van der Waals surface area contributed by atoms with Gasteiger partial charge in [0.2, 0.25) is 0 Å². The van der Waals surface area contributed by atoms with Gasteiger partial charge in [-0.05, 0) is 55.8 Å². The van der Waals surface area contributed by atoms with Crippen LogP contribution in [0.15, 0.2) is 47.4 Å². The maximum absolute atomic E-state index is 13.5. The van der Waals surface area contributed by atoms with Gasteiger partial charge in [0.1, 0.15) is 5.75 Å². The van der Waals surface area contributed by atoms with Crippen LogP contribution in [0.25, 0.3) is 0 Å². The highest BCUT2D eigenvalue weighted by atomic mass is 35.5. The summed E-state index contributed by atoms with van der Waals surface area (Å²) in [4.78, 5) is 11.3. The first-order valence-electron chi connectivity index (χ1n) is 8.89. The molecular formula is C19H20Cl3NO6S2. The second-order valence-corrected chi connectivity index (χ2v) is 11.9. The van der Waals surface area contributed by atoms with Crippen molar-refractivity contribution in [3.05, 3.63) is 57.5 Å². The van der Waals surface area contributed by atoms with Gasteiger partial charge in [-0.25, -0.2) is 16.8 Å². The molecule has 2 aromatic rings. The van der Waals surface area contributed by atoms with Crippen molar-refractivity contribution < 1.29 is 26.4 Å². The maximum Gasteiger partial charge on any atom is 0.320 e. The number of nitrogens with zero attached hydrogens (tertiary/aromatic N) is 1. The Bertz CT molecular complexity index is 1150. The summed E-state index contributed by atoms with van der Waals surface area (Å²) < 4.78 is 56.8. The highest BCUT2D eigenvalue weighted by molar-refractivity contribution is 7.93. The molecule has 0 saturated carbocycles. The van der Waals surface area contributed by atoms with E-state index in [-0.39, 0.29) is 27.0 Å². The second-order valence-electron chi connectivity index (χ2n) is 6.66. The fraction of sp³-hybridized carbons (Fsp3) is 0.316. The number of carbonyl (C=O) groups excluding carboxylic acids is 1. The van der Waals surface area contributed by atoms with Gasteiger partial charge in [-0.15, -0.1) is 0 Å². The van der Waals surface area contributed by atoms with Crippen LogP contribution < -0.4 is 4.31 Å². The van der Waals surface area contributed by atoms with Crippen LogP contribution in [0.5, 0.6) is 0 Å². The van der Waals surface area contributed by atoms with E-state index in [1.54, 1.807) is 6.92 Å². The van der Waals surface area contributed by atoms with E-state index in [0.29, 0.717) is 5.02 Å². The molecule has 170 valence electrons. The summed E-state index contributed by atoms with van der Waals surface area (Å²) in [6.45, 7) is 1.54. The Morgan fingerprint density at radius 2 is 1.58 bits per heavy atom. The van der Waals surface area contributed by atoms with Crippen molar-refractivity contribution in [2.75, 3.05) is 22.9 Å². The number of halogens is 3. The smallest absolute Gasteiger partial charge is 0.320 e. The minimum atomic E-state index is -4.16. The molecule has 0 saturated heterocycles. The SMILES string of the molecule is COC(=O)CS(=O)(=O)CC[C@@H](C)N(c1cc(Cl)ccc1Cl)S(=O)(=O)c1ccc(Cl)cc1. The van der Waals surface area contributed by atoms with Crippen molar-refractivity contribution in [3.63, 3.8) is 0 Å². The van der Waals surface area contributed by atoms with Gasteiger partial charge in [0, 0.05) is 16.1 Å². The molecule has 0 aliphatic carbocycles. The third-order valence-electron chi connectivity index (χ3n) is 4.33. The molecule has 0 fully saturated rings. The normalized spacial score (nSPS) is 12.9. The van der Waals surface area contributed by atoms with E-state index >= 15 is 0 Å². The third-order valence-corrected chi connectivity index (χ3v) is 8.61. The molecule has 0 spiro atoms. The van der Waals surface area contributed by atoms with Crippen LogP contribution in [-0.4, -0.2) is 47.5 Å². The highest BCUT2D eigenvalue weighted by Crippen LogP contribution is 2.35. The van der Waals surface area contributed by atoms with Crippen LogP contribution in [0.3, 0.4) is 0 Å². The standard InChI is InChI=1S/C19H20Cl3NO6S2/c1-13(9-10-30(25,26)12-19(24)29-2)23(18-11-15(21)5-8-17(18)22)31(27,28)16-6-3-14(20)4-7-16/h3-8,11,13H,9-10,12H2,1-2H3/t13-/m1/s1. The molecule has 0 N–H and O–H groups in total. The molecule has 0 unspecified atom stereocenters. The summed E-state index contributed by atoms with van der Waals surface area (Å²) in [6.07, 6.45) is -0.102. The fourth-order valence-corrected chi connectivity index (χ4v) is 6.33. The van der Waals surface area contributed by atoms with Gasteiger partial charge in [0.25, 0.3) is 10.0 Å². The maximum atomic E-state index is 13.5. The zero-order valence-electron chi connectivity index (χ0n) is 16.6. The number of hydrogen-bond acceptors (Lipinski definition) is 6. The summed E-state index contributed by atoms with van der Waals surface area (Å²) in [5, 5.41) is 0.723. The summed E-state index contributed by atoms with van der Waals surface area (Å²) in [7, 11) is -6.88. The summed E-state index contributed by atoms with van der Waals surface area (Å²) in [5.41, 5.74) is 0.0991. The van der Waals surface area contributed by atoms with Crippen LogP contribution >= 0.6 is 34.8 Å². The molecule has 0 aromatic heterocycles. The lowest BCUT2D eigenvalue weighted by molar-refractivity contribution is -0.137. The minimum Gasteiger partial charge on any atom is -0.468 e. The first-order valence-corrected chi connectivity index (χ1v) is 13.3. The van der Waals surface area contributed by atoms with Gasteiger partial charge in [-0.1, -0.05) is 34.8 Å². The molecule has 0 amide bonds. The molecule has 12 heteroatoms. The van der Waals surface area contributed by atoms with E-state index in [1.165, 1.54) is 42.5 Å². The third kappa shape index (κ3) is 6.73. The van der Waals surface area contributed by atoms with Crippen molar-refractivity contribution in [1.29, 1.82) is 0 Å². The van der Waals surface area contributed by atoms with E-state index in [4.69, 9.17) is 34.8 Å². The van der Waals surface area contributed by atoms with Crippen LogP contribution in [0.4, 0.5) is 5.69 Å². The van der Waals surface area contributed by atoms with Crippen LogP contribution in [0.1, 0.15) is 13.3 Å². The fourth-order valence-electron chi connectivity index (χ4n) is 2.76. The van der Waals surface area contributed by atoms with Gasteiger partial charge in [0.05, 0.1) is 28.5 Å². The molecule has 7 nitrogen and oxygen atoms in total. The lowest BCUT2D eigenvalue weighted by Gasteiger charge is -2.31. The number of rotatable bonds is 9. The molecule has 31 heavy (non-hydrogen) atoms. The van der Waals surface area contributed by atoms with Crippen LogP contribution in [0.2, 0.25) is 15.1 Å². The molecule has 1 atom stereocenters. The predicted octanol–water partition coefficient (Wildman–Crippen LogP) is 4.21. The monoisotopic (exact) mass is 527 g/mol. The Kier molecular flexibility index (Phi) is 8.63. The van der Waals surface area contributed by atoms with Gasteiger partial charge in [0.15, 0.2) is 9.84 Å². The van der Waals surface area contributed by atoms with E-state index in [1.807, 2.05) is 0 Å². The lowest BCUT2D eigenvalue weighted by atomic mass is 10.2. The topological polar surface area (TPSA) is 97.8 Å². The average molecular weight is 529 g/mol. The van der Waals surface area contributed by atoms with E-state index in [9.17, 15) is 21.6 Å². The summed E-state index contributed by atoms with van der Waals surface area (Å²) >= 11 is 18.2. The number of sulfonamides is 1. The van der Waals surface area contributed by atoms with Crippen molar-refractivity contribution in [3.8, 4) is 0 Å². The predicted molar refractivity (Wildman–Crippen MR) is 122 cm³/mol. The first-order chi connectivity index (χ1) is 14.4. The Morgan fingerprint density at radius 3 is 2.16 bits per heavy atom. The summed E-state index contributed by atoms with van der Waals surface area (Å²) in [6, 6.07) is 9.03. The Morgan fingerprint density at radius 1 is 1.00 bits per heavy atom. The van der Waals surface area contributed by atoms with Crippen molar-refractivity contribution in [2.24, 2.45) is 0 Å². The molecule has 2 rings (SSSR count). The highest BCUT2D eigenvalue weighted by Gasteiger charge is 2.32. The molecule has 0 aliphatic heterocycles. The lowest BCUT2D eigenvalue weighted by Crippen LogP contribution is -2.40. The number of anilines is 1. The van der Waals surface area contributed by atoms with Crippen molar-refractivity contribution in [2.45, 2.75) is 24.3 Å². The largest absolute Gasteiger partial charge is 0.468 e. The zero-order chi connectivity index (χ0) is 23.4. The van der Waals surface area contributed by atoms with Gasteiger partial charge < -0.3 is 4.74 Å². The van der Waals surface area contributed by atoms with Gasteiger partial charge in [-0.3, -0.25) is 9.10 Å². The van der Waals surface area contributed by atoms with Crippen LogP contribution in [0, 0.1) is 0 Å². The number of esters is 1. The average Bonchev–Trinajstić information content (AvgIpc) is 2.69. The summed E-state index contributed by atoms with van der Waals surface area (Å²) in [5.74, 6) is -2.12. The molecule has 0 aliphatic rings. The number of methoxy groups -OCH3 is 1. The van der Waals surface area contributed by atoms with E-state index in [2.05, 4.69) is 4.74 Å². The van der Waals surface area contributed by atoms with E-state index < -0.39 is 43.4 Å². The Labute approximate surface area is 196 Å². The molecule has 0 bridgehead atoms. The van der Waals surface area contributed by atoms with Crippen molar-refractivity contribution >= 4 is 66.3 Å². The zero-order valence-corrected chi connectivity index (χ0v) is 20.5.